The topological polar surface area (TPSA) is 43.2 Å². The number of rotatable bonds is 3. The van der Waals surface area contributed by atoms with Crippen molar-refractivity contribution in [3.8, 4) is 6.07 Å². The maximum atomic E-state index is 8.88. The standard InChI is InChI=1S/C13H18N4/c1-16(2)10-12-6-4-8-17(12)13-7-3-5-11(9-14)15-13/h3,5,7,12H,4,6,8,10H2,1-2H3. The van der Waals surface area contributed by atoms with Gasteiger partial charge in [0.15, 0.2) is 0 Å². The predicted molar refractivity (Wildman–Crippen MR) is 67.9 cm³/mol. The molecular formula is C13H18N4. The Balaban J connectivity index is 2.17. The van der Waals surface area contributed by atoms with Crippen molar-refractivity contribution in [1.82, 2.24) is 9.88 Å². The van der Waals surface area contributed by atoms with E-state index >= 15 is 0 Å². The first-order chi connectivity index (χ1) is 8.20. The molecule has 1 aromatic heterocycles. The summed E-state index contributed by atoms with van der Waals surface area (Å²) in [5.74, 6) is 0.938. The van der Waals surface area contributed by atoms with Crippen LogP contribution in [0.3, 0.4) is 0 Å². The molecule has 1 aliphatic rings. The summed E-state index contributed by atoms with van der Waals surface area (Å²) in [5.41, 5.74) is 0.498. The number of hydrogen-bond acceptors (Lipinski definition) is 4. The van der Waals surface area contributed by atoms with E-state index in [4.69, 9.17) is 5.26 Å². The van der Waals surface area contributed by atoms with E-state index in [1.165, 1.54) is 12.8 Å². The summed E-state index contributed by atoms with van der Waals surface area (Å²) in [6.07, 6.45) is 2.41. The second-order valence-electron chi connectivity index (χ2n) is 4.74. The van der Waals surface area contributed by atoms with Crippen LogP contribution >= 0.6 is 0 Å². The van der Waals surface area contributed by atoms with Crippen LogP contribution in [0.25, 0.3) is 0 Å². The van der Waals surface area contributed by atoms with Crippen LogP contribution in [-0.2, 0) is 0 Å². The molecule has 90 valence electrons. The molecule has 2 rings (SSSR count). The van der Waals surface area contributed by atoms with E-state index < -0.39 is 0 Å². The first-order valence-corrected chi connectivity index (χ1v) is 5.99. The minimum Gasteiger partial charge on any atom is -0.352 e. The molecular weight excluding hydrogens is 212 g/mol. The fourth-order valence-electron chi connectivity index (χ4n) is 2.39. The molecule has 1 atom stereocenters. The van der Waals surface area contributed by atoms with Gasteiger partial charge in [-0.2, -0.15) is 5.26 Å². The predicted octanol–water partition coefficient (Wildman–Crippen LogP) is 1.48. The van der Waals surface area contributed by atoms with Gasteiger partial charge in [-0.25, -0.2) is 4.98 Å². The van der Waals surface area contributed by atoms with Crippen molar-refractivity contribution in [2.75, 3.05) is 32.1 Å². The zero-order valence-corrected chi connectivity index (χ0v) is 10.4. The fourth-order valence-corrected chi connectivity index (χ4v) is 2.39. The van der Waals surface area contributed by atoms with Crippen molar-refractivity contribution in [2.24, 2.45) is 0 Å². The Hall–Kier alpha value is -1.60. The second-order valence-corrected chi connectivity index (χ2v) is 4.74. The summed E-state index contributed by atoms with van der Waals surface area (Å²) < 4.78 is 0. The van der Waals surface area contributed by atoms with Gasteiger partial charge >= 0.3 is 0 Å². The zero-order valence-electron chi connectivity index (χ0n) is 10.4. The lowest BCUT2D eigenvalue weighted by molar-refractivity contribution is 0.371. The highest BCUT2D eigenvalue weighted by Crippen LogP contribution is 2.24. The van der Waals surface area contributed by atoms with Crippen LogP contribution in [0, 0.1) is 11.3 Å². The lowest BCUT2D eigenvalue weighted by Gasteiger charge is -2.28. The molecule has 1 unspecified atom stereocenters. The van der Waals surface area contributed by atoms with E-state index in [-0.39, 0.29) is 0 Å². The zero-order chi connectivity index (χ0) is 12.3. The Morgan fingerprint density at radius 3 is 3.06 bits per heavy atom. The molecule has 0 bridgehead atoms. The van der Waals surface area contributed by atoms with Crippen molar-refractivity contribution < 1.29 is 0 Å². The molecule has 0 radical (unpaired) electrons. The first kappa shape index (κ1) is 11.9. The SMILES string of the molecule is CN(C)CC1CCCN1c1cccc(C#N)n1. The minimum absolute atomic E-state index is 0.498. The quantitative estimate of drug-likeness (QED) is 0.789. The maximum Gasteiger partial charge on any atom is 0.142 e. The molecule has 2 heterocycles. The van der Waals surface area contributed by atoms with Gasteiger partial charge in [0.2, 0.25) is 0 Å². The molecule has 1 aliphatic heterocycles. The molecule has 1 fully saturated rings. The third kappa shape index (κ3) is 2.75. The van der Waals surface area contributed by atoms with Crippen molar-refractivity contribution in [3.63, 3.8) is 0 Å². The highest BCUT2D eigenvalue weighted by Gasteiger charge is 2.25. The van der Waals surface area contributed by atoms with Gasteiger partial charge in [-0.15, -0.1) is 0 Å². The lowest BCUT2D eigenvalue weighted by Crippen LogP contribution is -2.38. The summed E-state index contributed by atoms with van der Waals surface area (Å²) in [7, 11) is 4.19. The average Bonchev–Trinajstić information content (AvgIpc) is 2.76. The monoisotopic (exact) mass is 230 g/mol. The van der Waals surface area contributed by atoms with Crippen LogP contribution in [0.5, 0.6) is 0 Å². The normalized spacial score (nSPS) is 19.6. The average molecular weight is 230 g/mol. The van der Waals surface area contributed by atoms with Crippen molar-refractivity contribution in [1.29, 1.82) is 5.26 Å². The smallest absolute Gasteiger partial charge is 0.142 e. The van der Waals surface area contributed by atoms with Crippen molar-refractivity contribution in [2.45, 2.75) is 18.9 Å². The van der Waals surface area contributed by atoms with Crippen LogP contribution in [0.15, 0.2) is 18.2 Å². The number of nitrogens with zero attached hydrogens (tertiary/aromatic N) is 4. The molecule has 4 nitrogen and oxygen atoms in total. The van der Waals surface area contributed by atoms with E-state index in [1.807, 2.05) is 12.1 Å². The molecule has 0 N–H and O–H groups in total. The Kier molecular flexibility index (Phi) is 3.60. The summed E-state index contributed by atoms with van der Waals surface area (Å²) in [6.45, 7) is 2.08. The van der Waals surface area contributed by atoms with E-state index in [9.17, 15) is 0 Å². The third-order valence-electron chi connectivity index (χ3n) is 3.10. The minimum atomic E-state index is 0.498. The highest BCUT2D eigenvalue weighted by atomic mass is 15.3. The van der Waals surface area contributed by atoms with Gasteiger partial charge in [-0.05, 0) is 39.1 Å². The first-order valence-electron chi connectivity index (χ1n) is 5.99. The summed E-state index contributed by atoms with van der Waals surface area (Å²) in [4.78, 5) is 8.90. The van der Waals surface area contributed by atoms with Gasteiger partial charge in [0, 0.05) is 19.1 Å². The van der Waals surface area contributed by atoms with Gasteiger partial charge in [0.25, 0.3) is 0 Å². The Morgan fingerprint density at radius 1 is 1.53 bits per heavy atom. The molecule has 4 heteroatoms. The van der Waals surface area contributed by atoms with Crippen LogP contribution in [0.4, 0.5) is 5.82 Å². The highest BCUT2D eigenvalue weighted by molar-refractivity contribution is 5.43. The number of aromatic nitrogens is 1. The van der Waals surface area contributed by atoms with Gasteiger partial charge in [-0.1, -0.05) is 6.07 Å². The Labute approximate surface area is 102 Å². The number of hydrogen-bond donors (Lipinski definition) is 0. The molecule has 1 aromatic rings. The van der Waals surface area contributed by atoms with Crippen molar-refractivity contribution >= 4 is 5.82 Å². The van der Waals surface area contributed by atoms with Gasteiger partial charge in [0.1, 0.15) is 17.6 Å². The largest absolute Gasteiger partial charge is 0.352 e. The molecule has 0 aliphatic carbocycles. The van der Waals surface area contributed by atoms with Gasteiger partial charge in [0.05, 0.1) is 0 Å². The number of pyridine rings is 1. The summed E-state index contributed by atoms with van der Waals surface area (Å²) in [6, 6.07) is 8.27. The lowest BCUT2D eigenvalue weighted by atomic mass is 10.2. The van der Waals surface area contributed by atoms with Crippen molar-refractivity contribution in [3.05, 3.63) is 23.9 Å². The molecule has 0 spiro atoms. The third-order valence-corrected chi connectivity index (χ3v) is 3.10. The fraction of sp³-hybridized carbons (Fsp3) is 0.538. The molecule has 0 aromatic carbocycles. The Morgan fingerprint density at radius 2 is 2.35 bits per heavy atom. The van der Waals surface area contributed by atoms with E-state index in [1.54, 1.807) is 6.07 Å². The molecule has 17 heavy (non-hydrogen) atoms. The molecule has 0 saturated carbocycles. The van der Waals surface area contributed by atoms with E-state index in [0.29, 0.717) is 11.7 Å². The molecule has 0 amide bonds. The van der Waals surface area contributed by atoms with E-state index in [2.05, 4.69) is 34.9 Å². The van der Waals surface area contributed by atoms with Gasteiger partial charge < -0.3 is 9.80 Å². The summed E-state index contributed by atoms with van der Waals surface area (Å²) >= 11 is 0. The van der Waals surface area contributed by atoms with Crippen LogP contribution < -0.4 is 4.90 Å². The van der Waals surface area contributed by atoms with E-state index in [0.717, 1.165) is 18.9 Å². The Bertz CT molecular complexity index is 422. The van der Waals surface area contributed by atoms with Crippen LogP contribution in [-0.4, -0.2) is 43.1 Å². The van der Waals surface area contributed by atoms with Crippen LogP contribution in [0.1, 0.15) is 18.5 Å². The molecule has 1 saturated heterocycles. The second kappa shape index (κ2) is 5.15. The maximum absolute atomic E-state index is 8.88. The number of nitriles is 1. The number of anilines is 1. The number of likely N-dealkylation sites (N-methyl/N-ethyl adjacent to an activating group) is 1. The van der Waals surface area contributed by atoms with Crippen LogP contribution in [0.2, 0.25) is 0 Å². The summed E-state index contributed by atoms with van der Waals surface area (Å²) in [5, 5.41) is 8.88. The van der Waals surface area contributed by atoms with Gasteiger partial charge in [-0.3, -0.25) is 0 Å².